The van der Waals surface area contributed by atoms with Crippen LogP contribution in [0.2, 0.25) is 5.02 Å². The predicted octanol–water partition coefficient (Wildman–Crippen LogP) is 2.10. The number of rotatable bonds is 2. The Kier molecular flexibility index (Phi) is 2.88. The molecule has 0 aliphatic heterocycles. The smallest absolute Gasteiger partial charge is 0.336 e. The van der Waals surface area contributed by atoms with Gasteiger partial charge >= 0.3 is 5.97 Å². The fraction of sp³-hybridized carbons (Fsp3) is 0.111. The summed E-state index contributed by atoms with van der Waals surface area (Å²) in [5.41, 5.74) is 0.577. The largest absolute Gasteiger partial charge is 0.478 e. The van der Waals surface area contributed by atoms with Crippen molar-refractivity contribution in [3.8, 4) is 6.07 Å². The standard InChI is InChI=1S/C9H6ClNO2/c10-7-1-2-8(9(12)13)6(5-7)3-4-11/h1-2,5H,3H2,(H,12,13). The number of carboxylic acids is 1. The van der Waals surface area contributed by atoms with Crippen LogP contribution in [0.1, 0.15) is 15.9 Å². The second kappa shape index (κ2) is 3.92. The van der Waals surface area contributed by atoms with Gasteiger partial charge in [0, 0.05) is 5.02 Å². The van der Waals surface area contributed by atoms with Gasteiger partial charge in [-0.15, -0.1) is 0 Å². The van der Waals surface area contributed by atoms with Crippen molar-refractivity contribution in [1.29, 1.82) is 5.26 Å². The van der Waals surface area contributed by atoms with Gasteiger partial charge in [0.15, 0.2) is 0 Å². The lowest BCUT2D eigenvalue weighted by Crippen LogP contribution is -2.01. The van der Waals surface area contributed by atoms with Gasteiger partial charge in [-0.25, -0.2) is 4.79 Å². The summed E-state index contributed by atoms with van der Waals surface area (Å²) in [7, 11) is 0. The van der Waals surface area contributed by atoms with Gasteiger partial charge in [0.1, 0.15) is 0 Å². The molecule has 1 N–H and O–H groups in total. The molecule has 0 radical (unpaired) electrons. The summed E-state index contributed by atoms with van der Waals surface area (Å²) < 4.78 is 0. The summed E-state index contributed by atoms with van der Waals surface area (Å²) in [4.78, 5) is 10.7. The Balaban J connectivity index is 3.20. The molecule has 0 bridgehead atoms. The lowest BCUT2D eigenvalue weighted by atomic mass is 10.1. The minimum absolute atomic E-state index is 0.0577. The monoisotopic (exact) mass is 195 g/mol. The number of benzene rings is 1. The van der Waals surface area contributed by atoms with Crippen LogP contribution in [-0.2, 0) is 6.42 Å². The first-order valence-electron chi connectivity index (χ1n) is 3.54. The number of nitrogens with zero attached hydrogens (tertiary/aromatic N) is 1. The van der Waals surface area contributed by atoms with Gasteiger partial charge < -0.3 is 5.11 Å². The van der Waals surface area contributed by atoms with Crippen molar-refractivity contribution >= 4 is 17.6 Å². The normalized spacial score (nSPS) is 9.23. The number of nitriles is 1. The van der Waals surface area contributed by atoms with Crippen molar-refractivity contribution in [1.82, 2.24) is 0 Å². The summed E-state index contributed by atoms with van der Waals surface area (Å²) in [5.74, 6) is -1.04. The number of carbonyl (C=O) groups is 1. The first kappa shape index (κ1) is 9.56. The maximum atomic E-state index is 10.7. The Morgan fingerprint density at radius 2 is 2.31 bits per heavy atom. The van der Waals surface area contributed by atoms with Crippen LogP contribution >= 0.6 is 11.6 Å². The summed E-state index contributed by atoms with van der Waals surface area (Å²) >= 11 is 5.65. The molecule has 1 rings (SSSR count). The van der Waals surface area contributed by atoms with E-state index in [2.05, 4.69) is 0 Å². The van der Waals surface area contributed by atoms with Crippen molar-refractivity contribution in [3.05, 3.63) is 34.3 Å². The second-order valence-electron chi connectivity index (χ2n) is 2.44. The van der Waals surface area contributed by atoms with Crippen molar-refractivity contribution in [2.24, 2.45) is 0 Å². The lowest BCUT2D eigenvalue weighted by Gasteiger charge is -2.01. The van der Waals surface area contributed by atoms with Crippen LogP contribution in [0.5, 0.6) is 0 Å². The van der Waals surface area contributed by atoms with Gasteiger partial charge in [-0.1, -0.05) is 11.6 Å². The summed E-state index contributed by atoms with van der Waals surface area (Å²) in [6.07, 6.45) is 0.0577. The predicted molar refractivity (Wildman–Crippen MR) is 47.7 cm³/mol. The van der Waals surface area contributed by atoms with E-state index in [1.165, 1.54) is 18.2 Å². The molecule has 0 heterocycles. The van der Waals surface area contributed by atoms with Crippen molar-refractivity contribution < 1.29 is 9.90 Å². The number of hydrogen-bond acceptors (Lipinski definition) is 2. The molecule has 0 aliphatic carbocycles. The molecule has 3 nitrogen and oxygen atoms in total. The SMILES string of the molecule is N#CCc1cc(Cl)ccc1C(=O)O. The zero-order valence-electron chi connectivity index (χ0n) is 6.62. The third kappa shape index (κ3) is 2.20. The average molecular weight is 196 g/mol. The van der Waals surface area contributed by atoms with Crippen LogP contribution < -0.4 is 0 Å². The van der Waals surface area contributed by atoms with Crippen LogP contribution in [0, 0.1) is 11.3 Å². The van der Waals surface area contributed by atoms with E-state index >= 15 is 0 Å². The molecule has 4 heteroatoms. The Labute approximate surface area is 80.2 Å². The quantitative estimate of drug-likeness (QED) is 0.786. The second-order valence-corrected chi connectivity index (χ2v) is 2.88. The number of hydrogen-bond donors (Lipinski definition) is 1. The molecule has 1 aromatic rings. The molecule has 0 fully saturated rings. The molecule has 0 saturated heterocycles. The summed E-state index contributed by atoms with van der Waals surface area (Å²) in [5, 5.41) is 17.6. The molecule has 0 saturated carbocycles. The van der Waals surface area contributed by atoms with Crippen LogP contribution in [0.15, 0.2) is 18.2 Å². The number of carboxylic acid groups (broad SMARTS) is 1. The summed E-state index contributed by atoms with van der Waals surface area (Å²) in [6.45, 7) is 0. The molecule has 0 unspecified atom stereocenters. The van der Waals surface area contributed by atoms with Crippen LogP contribution in [-0.4, -0.2) is 11.1 Å². The highest BCUT2D eigenvalue weighted by Gasteiger charge is 2.09. The van der Waals surface area contributed by atoms with Gasteiger partial charge in [-0.3, -0.25) is 0 Å². The third-order valence-corrected chi connectivity index (χ3v) is 1.80. The van der Waals surface area contributed by atoms with E-state index in [4.69, 9.17) is 22.0 Å². The molecule has 66 valence electrons. The van der Waals surface area contributed by atoms with Crippen molar-refractivity contribution in [2.45, 2.75) is 6.42 Å². The maximum absolute atomic E-state index is 10.7. The third-order valence-electron chi connectivity index (χ3n) is 1.57. The van der Waals surface area contributed by atoms with Gasteiger partial charge in [0.05, 0.1) is 18.1 Å². The number of halogens is 1. The van der Waals surface area contributed by atoms with Gasteiger partial charge in [-0.05, 0) is 23.8 Å². The molecule has 13 heavy (non-hydrogen) atoms. The molecule has 0 amide bonds. The van der Waals surface area contributed by atoms with E-state index in [0.29, 0.717) is 10.6 Å². The minimum atomic E-state index is -1.04. The molecule has 0 aromatic heterocycles. The highest BCUT2D eigenvalue weighted by Crippen LogP contribution is 2.16. The Bertz CT molecular complexity index is 382. The van der Waals surface area contributed by atoms with E-state index < -0.39 is 5.97 Å². The zero-order chi connectivity index (χ0) is 9.84. The molecule has 0 aliphatic rings. The molecular formula is C9H6ClNO2. The molecule has 0 atom stereocenters. The lowest BCUT2D eigenvalue weighted by molar-refractivity contribution is 0.0696. The Morgan fingerprint density at radius 1 is 1.62 bits per heavy atom. The Morgan fingerprint density at radius 3 is 2.85 bits per heavy atom. The van der Waals surface area contributed by atoms with Gasteiger partial charge in [0.25, 0.3) is 0 Å². The van der Waals surface area contributed by atoms with E-state index in [9.17, 15) is 4.79 Å². The highest BCUT2D eigenvalue weighted by atomic mass is 35.5. The van der Waals surface area contributed by atoms with E-state index in [1.54, 1.807) is 0 Å². The topological polar surface area (TPSA) is 61.1 Å². The van der Waals surface area contributed by atoms with Crippen LogP contribution in [0.3, 0.4) is 0 Å². The van der Waals surface area contributed by atoms with Crippen molar-refractivity contribution in [3.63, 3.8) is 0 Å². The van der Waals surface area contributed by atoms with Crippen LogP contribution in [0.4, 0.5) is 0 Å². The first-order valence-corrected chi connectivity index (χ1v) is 3.91. The summed E-state index contributed by atoms with van der Waals surface area (Å²) in [6, 6.07) is 6.27. The molecule has 1 aromatic carbocycles. The minimum Gasteiger partial charge on any atom is -0.478 e. The zero-order valence-corrected chi connectivity index (χ0v) is 7.38. The van der Waals surface area contributed by atoms with E-state index in [0.717, 1.165) is 0 Å². The fourth-order valence-corrected chi connectivity index (χ4v) is 1.20. The molecular weight excluding hydrogens is 190 g/mol. The van der Waals surface area contributed by atoms with E-state index in [-0.39, 0.29) is 12.0 Å². The van der Waals surface area contributed by atoms with Crippen LogP contribution in [0.25, 0.3) is 0 Å². The first-order chi connectivity index (χ1) is 6.15. The average Bonchev–Trinajstić information content (AvgIpc) is 2.04. The van der Waals surface area contributed by atoms with Crippen molar-refractivity contribution in [2.75, 3.05) is 0 Å². The van der Waals surface area contributed by atoms with E-state index in [1.807, 2.05) is 6.07 Å². The highest BCUT2D eigenvalue weighted by molar-refractivity contribution is 6.30. The number of aromatic carboxylic acids is 1. The van der Waals surface area contributed by atoms with Gasteiger partial charge in [-0.2, -0.15) is 5.26 Å². The molecule has 0 spiro atoms. The fourth-order valence-electron chi connectivity index (χ4n) is 1.00. The van der Waals surface area contributed by atoms with Gasteiger partial charge in [0.2, 0.25) is 0 Å². The Hall–Kier alpha value is -1.53. The maximum Gasteiger partial charge on any atom is 0.336 e.